The lowest BCUT2D eigenvalue weighted by Gasteiger charge is -2.21. The summed E-state index contributed by atoms with van der Waals surface area (Å²) in [5, 5.41) is 15.0. The van der Waals surface area contributed by atoms with Gasteiger partial charge in [0.2, 0.25) is 0 Å². The summed E-state index contributed by atoms with van der Waals surface area (Å²) >= 11 is 8.12. The molecule has 0 bridgehead atoms. The van der Waals surface area contributed by atoms with Gasteiger partial charge in [-0.05, 0) is 59.7 Å². The van der Waals surface area contributed by atoms with E-state index in [1.54, 1.807) is 23.6 Å². The van der Waals surface area contributed by atoms with Crippen molar-refractivity contribution in [1.29, 1.82) is 0 Å². The van der Waals surface area contributed by atoms with E-state index in [0.717, 1.165) is 40.1 Å². The first kappa shape index (κ1) is 20.8. The molecule has 0 spiro atoms. The minimum atomic E-state index is -0.446. The number of carbonyl (C=O) groups is 1. The number of thiophene rings is 1. The topological polar surface area (TPSA) is 71.5 Å². The van der Waals surface area contributed by atoms with Crippen molar-refractivity contribution in [1.82, 2.24) is 4.98 Å². The highest BCUT2D eigenvalue weighted by Crippen LogP contribution is 2.37. The second-order valence-corrected chi connectivity index (χ2v) is 9.41. The van der Waals surface area contributed by atoms with Crippen molar-refractivity contribution in [2.75, 3.05) is 11.9 Å². The van der Waals surface area contributed by atoms with Gasteiger partial charge in [-0.25, -0.2) is 4.79 Å². The fourth-order valence-corrected chi connectivity index (χ4v) is 4.17. The molecular weight excluding hydrogens is 420 g/mol. The molecule has 2 heterocycles. The zero-order valence-corrected chi connectivity index (χ0v) is 18.4. The summed E-state index contributed by atoms with van der Waals surface area (Å²) in [7, 11) is 0. The number of aliphatic hydroxyl groups excluding tert-OH is 1. The number of hydrogen-bond acceptors (Lipinski definition) is 5. The SMILES string of the molecule is CC(C)(CO)c1cc(-c2cc(-c3ccc(NC(=O)OC4CC4)cc3Cl)cs2)ccn1. The van der Waals surface area contributed by atoms with Crippen LogP contribution in [-0.4, -0.2) is 28.9 Å². The minimum Gasteiger partial charge on any atom is -0.446 e. The zero-order chi connectivity index (χ0) is 21.3. The number of halogens is 1. The summed E-state index contributed by atoms with van der Waals surface area (Å²) in [5.74, 6) is 0. The molecule has 0 unspecified atom stereocenters. The van der Waals surface area contributed by atoms with Crippen LogP contribution in [0.3, 0.4) is 0 Å². The van der Waals surface area contributed by atoms with Gasteiger partial charge in [0.05, 0.1) is 11.6 Å². The fraction of sp³-hybridized carbons (Fsp3) is 0.304. The zero-order valence-electron chi connectivity index (χ0n) is 16.8. The molecule has 0 radical (unpaired) electrons. The summed E-state index contributed by atoms with van der Waals surface area (Å²) in [6.45, 7) is 3.97. The van der Waals surface area contributed by atoms with Gasteiger partial charge < -0.3 is 9.84 Å². The van der Waals surface area contributed by atoms with Crippen LogP contribution in [0.15, 0.2) is 48.0 Å². The lowest BCUT2D eigenvalue weighted by molar-refractivity contribution is 0.154. The predicted octanol–water partition coefficient (Wildman–Crippen LogP) is 6.11. The maximum Gasteiger partial charge on any atom is 0.411 e. The summed E-state index contributed by atoms with van der Waals surface area (Å²) in [4.78, 5) is 17.3. The Bertz CT molecular complexity index is 1080. The number of aromatic nitrogens is 1. The standard InChI is InChI=1S/C23H23ClN2O3S/c1-23(2,13-27)21-10-14(7-8-25-21)20-9-15(12-30-20)18-6-3-16(11-19(18)24)26-22(28)29-17-4-5-17/h3,6-12,17,27H,4-5,13H2,1-2H3,(H,26,28). The number of hydrogen-bond donors (Lipinski definition) is 2. The lowest BCUT2D eigenvalue weighted by atomic mass is 9.89. The largest absolute Gasteiger partial charge is 0.446 e. The van der Waals surface area contributed by atoms with Crippen LogP contribution in [0.25, 0.3) is 21.6 Å². The Hall–Kier alpha value is -2.41. The van der Waals surface area contributed by atoms with Crippen LogP contribution in [0.5, 0.6) is 0 Å². The smallest absolute Gasteiger partial charge is 0.411 e. The van der Waals surface area contributed by atoms with Gasteiger partial charge in [0.25, 0.3) is 0 Å². The molecule has 2 aromatic heterocycles. The molecule has 1 aliphatic carbocycles. The molecule has 0 atom stereocenters. The molecule has 2 N–H and O–H groups in total. The van der Waals surface area contributed by atoms with Gasteiger partial charge in [0.15, 0.2) is 0 Å². The Kier molecular flexibility index (Phi) is 5.82. The summed E-state index contributed by atoms with van der Waals surface area (Å²) in [5.41, 5.74) is 4.01. The molecule has 3 aromatic rings. The van der Waals surface area contributed by atoms with Crippen molar-refractivity contribution in [3.05, 3.63) is 58.7 Å². The molecule has 0 saturated heterocycles. The van der Waals surface area contributed by atoms with E-state index >= 15 is 0 Å². The van der Waals surface area contributed by atoms with Gasteiger partial charge >= 0.3 is 6.09 Å². The van der Waals surface area contributed by atoms with Crippen LogP contribution < -0.4 is 5.32 Å². The monoisotopic (exact) mass is 442 g/mol. The molecule has 1 amide bonds. The number of anilines is 1. The molecule has 0 aliphatic heterocycles. The number of nitrogens with one attached hydrogen (secondary N) is 1. The summed E-state index contributed by atoms with van der Waals surface area (Å²) in [6, 6.07) is 11.5. The number of aliphatic hydroxyl groups is 1. The third kappa shape index (κ3) is 4.67. The van der Waals surface area contributed by atoms with Crippen LogP contribution in [0.1, 0.15) is 32.4 Å². The van der Waals surface area contributed by atoms with E-state index in [0.29, 0.717) is 10.7 Å². The van der Waals surface area contributed by atoms with Gasteiger partial charge in [-0.1, -0.05) is 31.5 Å². The van der Waals surface area contributed by atoms with Gasteiger partial charge in [0, 0.05) is 33.4 Å². The summed E-state index contributed by atoms with van der Waals surface area (Å²) < 4.78 is 5.20. The lowest BCUT2D eigenvalue weighted by Crippen LogP contribution is -2.23. The van der Waals surface area contributed by atoms with Gasteiger partial charge in [0.1, 0.15) is 6.10 Å². The molecule has 30 heavy (non-hydrogen) atoms. The molecule has 5 nitrogen and oxygen atoms in total. The minimum absolute atomic E-state index is 0.0311. The van der Waals surface area contributed by atoms with Crippen LogP contribution in [0, 0.1) is 0 Å². The van der Waals surface area contributed by atoms with Crippen LogP contribution in [0.4, 0.5) is 10.5 Å². The number of amides is 1. The maximum absolute atomic E-state index is 11.8. The van der Waals surface area contributed by atoms with Crippen molar-refractivity contribution in [2.45, 2.75) is 38.2 Å². The molecule has 7 heteroatoms. The van der Waals surface area contributed by atoms with Gasteiger partial charge in [-0.15, -0.1) is 11.3 Å². The molecule has 156 valence electrons. The first-order valence-corrected chi connectivity index (χ1v) is 11.1. The highest BCUT2D eigenvalue weighted by atomic mass is 35.5. The highest BCUT2D eigenvalue weighted by Gasteiger charge is 2.26. The van der Waals surface area contributed by atoms with E-state index in [1.807, 2.05) is 38.1 Å². The first-order chi connectivity index (χ1) is 14.4. The van der Waals surface area contributed by atoms with Gasteiger partial charge in [-0.2, -0.15) is 0 Å². The average molecular weight is 443 g/mol. The van der Waals surface area contributed by atoms with Crippen molar-refractivity contribution in [2.24, 2.45) is 0 Å². The average Bonchev–Trinajstić information content (AvgIpc) is 3.40. The third-order valence-electron chi connectivity index (χ3n) is 5.06. The van der Waals surface area contributed by atoms with E-state index in [2.05, 4.69) is 21.7 Å². The van der Waals surface area contributed by atoms with Crippen LogP contribution in [-0.2, 0) is 10.2 Å². The van der Waals surface area contributed by atoms with Crippen molar-refractivity contribution >= 4 is 34.7 Å². The van der Waals surface area contributed by atoms with E-state index in [4.69, 9.17) is 16.3 Å². The number of ether oxygens (including phenoxy) is 1. The third-order valence-corrected chi connectivity index (χ3v) is 6.35. The fourth-order valence-electron chi connectivity index (χ4n) is 2.98. The molecule has 1 aromatic carbocycles. The molecular formula is C23H23ClN2O3S. The maximum atomic E-state index is 11.8. The number of benzene rings is 1. The van der Waals surface area contributed by atoms with E-state index in [-0.39, 0.29) is 12.7 Å². The Labute approximate surface area is 184 Å². The number of rotatable bonds is 6. The van der Waals surface area contributed by atoms with E-state index < -0.39 is 11.5 Å². The van der Waals surface area contributed by atoms with Crippen molar-refractivity contribution in [3.8, 4) is 21.6 Å². The van der Waals surface area contributed by atoms with Crippen LogP contribution >= 0.6 is 22.9 Å². The second kappa shape index (κ2) is 8.38. The van der Waals surface area contributed by atoms with E-state index in [1.165, 1.54) is 0 Å². The number of nitrogens with zero attached hydrogens (tertiary/aromatic N) is 1. The Morgan fingerprint density at radius 3 is 2.77 bits per heavy atom. The Morgan fingerprint density at radius 2 is 2.07 bits per heavy atom. The van der Waals surface area contributed by atoms with Crippen molar-refractivity contribution < 1.29 is 14.6 Å². The quantitative estimate of drug-likeness (QED) is 0.483. The molecule has 4 rings (SSSR count). The predicted molar refractivity (Wildman–Crippen MR) is 121 cm³/mol. The normalized spacial score (nSPS) is 13.9. The second-order valence-electron chi connectivity index (χ2n) is 8.10. The molecule has 1 fully saturated rings. The molecule has 1 aliphatic rings. The van der Waals surface area contributed by atoms with Crippen LogP contribution in [0.2, 0.25) is 5.02 Å². The number of carbonyl (C=O) groups excluding carboxylic acids is 1. The van der Waals surface area contributed by atoms with Gasteiger partial charge in [-0.3, -0.25) is 10.3 Å². The Balaban J connectivity index is 1.54. The van der Waals surface area contributed by atoms with E-state index in [9.17, 15) is 9.90 Å². The summed E-state index contributed by atoms with van der Waals surface area (Å²) in [6.07, 6.45) is 3.25. The number of pyridine rings is 1. The molecule has 1 saturated carbocycles. The first-order valence-electron chi connectivity index (χ1n) is 9.79. The van der Waals surface area contributed by atoms with Crippen molar-refractivity contribution in [3.63, 3.8) is 0 Å². The Morgan fingerprint density at radius 1 is 1.27 bits per heavy atom. The highest BCUT2D eigenvalue weighted by molar-refractivity contribution is 7.14.